The maximum Gasteiger partial charge on any atom is 0.413 e. The van der Waals surface area contributed by atoms with Crippen LogP contribution in [0.5, 0.6) is 0 Å². The minimum absolute atomic E-state index is 0.0297. The Labute approximate surface area is 328 Å². The number of anilines is 1. The van der Waals surface area contributed by atoms with Gasteiger partial charge in [0.15, 0.2) is 5.78 Å². The van der Waals surface area contributed by atoms with Gasteiger partial charge in [-0.3, -0.25) is 19.3 Å². The SMILES string of the molecule is CC(C(=O)c1cccc(Cl)c1)N(C(=O)OCOC(=O)CCCC(=O)OCCOCCOC(=O)c1cc(S(N)(=O)=O)c(Cl)cc1NCc1ccco1)C(C)(C)C. The molecule has 0 spiro atoms. The van der Waals surface area contributed by atoms with E-state index >= 15 is 0 Å². The molecule has 0 aliphatic rings. The summed E-state index contributed by atoms with van der Waals surface area (Å²) < 4.78 is 54.9. The zero-order valence-electron chi connectivity index (χ0n) is 30.6. The number of ether oxygens (including phenoxy) is 5. The van der Waals surface area contributed by atoms with Gasteiger partial charge in [0.25, 0.3) is 0 Å². The molecule has 3 rings (SSSR count). The molecule has 1 heterocycles. The predicted octanol–water partition coefficient (Wildman–Crippen LogP) is 5.74. The van der Waals surface area contributed by atoms with E-state index in [0.29, 0.717) is 16.3 Å². The van der Waals surface area contributed by atoms with E-state index in [1.54, 1.807) is 58.0 Å². The lowest BCUT2D eigenvalue weighted by Crippen LogP contribution is -2.53. The van der Waals surface area contributed by atoms with Gasteiger partial charge in [-0.1, -0.05) is 35.3 Å². The second-order valence-electron chi connectivity index (χ2n) is 12.8. The lowest BCUT2D eigenvalue weighted by molar-refractivity contribution is -0.153. The van der Waals surface area contributed by atoms with Crippen molar-refractivity contribution in [2.24, 2.45) is 5.14 Å². The number of Topliss-reactive ketones (excluding diaryl/α,β-unsaturated/α-hetero) is 1. The quantitative estimate of drug-likeness (QED) is 0.0456. The van der Waals surface area contributed by atoms with Gasteiger partial charge in [-0.2, -0.15) is 0 Å². The number of halogens is 2. The van der Waals surface area contributed by atoms with Crippen LogP contribution in [0.4, 0.5) is 10.5 Å². The fourth-order valence-electron chi connectivity index (χ4n) is 5.02. The number of amides is 1. The summed E-state index contributed by atoms with van der Waals surface area (Å²) in [5.74, 6) is -2.01. The number of nitrogens with zero attached hydrogens (tertiary/aromatic N) is 1. The summed E-state index contributed by atoms with van der Waals surface area (Å²) in [7, 11) is -4.25. The second kappa shape index (κ2) is 20.8. The second-order valence-corrected chi connectivity index (χ2v) is 15.1. The van der Waals surface area contributed by atoms with Gasteiger partial charge >= 0.3 is 24.0 Å². The van der Waals surface area contributed by atoms with Crippen LogP contribution in [0.1, 0.15) is 73.4 Å². The lowest BCUT2D eigenvalue weighted by atomic mass is 9.98. The van der Waals surface area contributed by atoms with Crippen LogP contribution >= 0.6 is 23.2 Å². The number of sulfonamides is 1. The zero-order valence-corrected chi connectivity index (χ0v) is 33.0. The van der Waals surface area contributed by atoms with Gasteiger partial charge in [0.2, 0.25) is 16.8 Å². The molecule has 19 heteroatoms. The molecule has 1 aromatic heterocycles. The Bertz CT molecular complexity index is 1920. The van der Waals surface area contributed by atoms with Crippen molar-refractivity contribution < 1.29 is 60.5 Å². The zero-order chi connectivity index (χ0) is 40.8. The molecule has 1 amide bonds. The largest absolute Gasteiger partial charge is 0.467 e. The Hall–Kier alpha value is -4.68. The molecule has 55 heavy (non-hydrogen) atoms. The van der Waals surface area contributed by atoms with Gasteiger partial charge in [-0.25, -0.2) is 23.1 Å². The molecule has 3 aromatic rings. The predicted molar refractivity (Wildman–Crippen MR) is 199 cm³/mol. The number of carbonyl (C=O) groups is 5. The molecule has 16 nitrogen and oxygen atoms in total. The van der Waals surface area contributed by atoms with Crippen molar-refractivity contribution in [1.29, 1.82) is 0 Å². The maximum atomic E-state index is 13.1. The first-order chi connectivity index (χ1) is 25.9. The molecular weight excluding hydrogens is 785 g/mol. The van der Waals surface area contributed by atoms with Crippen molar-refractivity contribution in [2.75, 3.05) is 38.5 Å². The highest BCUT2D eigenvalue weighted by Gasteiger charge is 2.36. The van der Waals surface area contributed by atoms with Crippen molar-refractivity contribution in [2.45, 2.75) is 70.0 Å². The first kappa shape index (κ1) is 44.7. The average Bonchev–Trinajstić information content (AvgIpc) is 3.62. The fourth-order valence-corrected chi connectivity index (χ4v) is 6.31. The highest BCUT2D eigenvalue weighted by molar-refractivity contribution is 7.89. The number of primary sulfonamides is 1. The number of ketones is 1. The Morgan fingerprint density at radius 1 is 0.891 bits per heavy atom. The highest BCUT2D eigenvalue weighted by atomic mass is 35.5. The Morgan fingerprint density at radius 3 is 2.18 bits per heavy atom. The van der Waals surface area contributed by atoms with E-state index in [-0.39, 0.29) is 74.3 Å². The topological polar surface area (TPSA) is 220 Å². The van der Waals surface area contributed by atoms with Crippen LogP contribution in [0.15, 0.2) is 64.1 Å². The molecule has 1 unspecified atom stereocenters. The normalized spacial score (nSPS) is 12.0. The van der Waals surface area contributed by atoms with E-state index in [2.05, 4.69) is 5.32 Å². The molecule has 0 fully saturated rings. The van der Waals surface area contributed by atoms with Crippen molar-refractivity contribution in [3.8, 4) is 0 Å². The third kappa shape index (κ3) is 14.5. The van der Waals surface area contributed by atoms with Crippen LogP contribution in [0.3, 0.4) is 0 Å². The molecule has 300 valence electrons. The van der Waals surface area contributed by atoms with Crippen molar-refractivity contribution >= 4 is 68.7 Å². The van der Waals surface area contributed by atoms with Crippen LogP contribution in [-0.2, 0) is 49.8 Å². The summed E-state index contributed by atoms with van der Waals surface area (Å²) in [4.78, 5) is 63.8. The van der Waals surface area contributed by atoms with Gasteiger partial charge in [-0.15, -0.1) is 0 Å². The number of hydrogen-bond acceptors (Lipinski definition) is 14. The number of rotatable bonds is 20. The van der Waals surface area contributed by atoms with E-state index in [0.717, 1.165) is 6.07 Å². The van der Waals surface area contributed by atoms with Gasteiger partial charge in [0, 0.05) is 29.0 Å². The van der Waals surface area contributed by atoms with Crippen LogP contribution in [0.2, 0.25) is 10.0 Å². The first-order valence-corrected chi connectivity index (χ1v) is 19.1. The summed E-state index contributed by atoms with van der Waals surface area (Å²) in [6.07, 6.45) is 0.432. The number of hydrogen-bond donors (Lipinski definition) is 2. The minimum atomic E-state index is -4.25. The molecule has 3 N–H and O–H groups in total. The number of nitrogens with one attached hydrogen (secondary N) is 1. The molecule has 1 atom stereocenters. The Morgan fingerprint density at radius 2 is 1.56 bits per heavy atom. The van der Waals surface area contributed by atoms with Gasteiger partial charge in [0.05, 0.1) is 48.3 Å². The monoisotopic (exact) mass is 827 g/mol. The van der Waals surface area contributed by atoms with Crippen LogP contribution in [0, 0.1) is 0 Å². The van der Waals surface area contributed by atoms with E-state index in [4.69, 9.17) is 56.4 Å². The van der Waals surface area contributed by atoms with Gasteiger partial charge < -0.3 is 33.4 Å². The van der Waals surface area contributed by atoms with E-state index < -0.39 is 57.3 Å². The number of nitrogens with two attached hydrogens (primary N) is 1. The standard InChI is InChI=1S/C36H43Cl2N3O13S/c1-23(33(44)24-8-5-9-25(37)18-24)41(36(2,3)4)35(46)54-22-53-32(43)12-6-11-31(42)51-16-14-49-15-17-52-34(45)27-19-30(55(39,47)48)28(38)20-29(27)40-21-26-10-7-13-50-26/h5,7-10,13,18-20,23,40H,6,11-12,14-17,21-22H2,1-4H3,(H2,39,47,48). The minimum Gasteiger partial charge on any atom is -0.467 e. The number of esters is 3. The lowest BCUT2D eigenvalue weighted by Gasteiger charge is -2.38. The number of carbonyl (C=O) groups excluding carboxylic acids is 5. The van der Waals surface area contributed by atoms with Crippen LogP contribution < -0.4 is 10.5 Å². The molecule has 2 aromatic carbocycles. The van der Waals surface area contributed by atoms with Crippen molar-refractivity contribution in [1.82, 2.24) is 4.90 Å². The van der Waals surface area contributed by atoms with Crippen molar-refractivity contribution in [3.05, 3.63) is 81.7 Å². The van der Waals surface area contributed by atoms with Crippen LogP contribution in [-0.4, -0.2) is 87.9 Å². The Balaban J connectivity index is 1.32. The van der Waals surface area contributed by atoms with E-state index in [9.17, 15) is 32.4 Å². The van der Waals surface area contributed by atoms with Gasteiger partial charge in [-0.05, 0) is 70.5 Å². The van der Waals surface area contributed by atoms with Crippen LogP contribution in [0.25, 0.3) is 0 Å². The van der Waals surface area contributed by atoms with Gasteiger partial charge in [0.1, 0.15) is 23.9 Å². The maximum absolute atomic E-state index is 13.1. The number of benzene rings is 2. The summed E-state index contributed by atoms with van der Waals surface area (Å²) in [5.41, 5.74) is -0.455. The molecule has 0 bridgehead atoms. The summed E-state index contributed by atoms with van der Waals surface area (Å²) in [5, 5.41) is 8.36. The average molecular weight is 829 g/mol. The molecule has 0 aliphatic heterocycles. The molecular formula is C36H43Cl2N3O13S. The summed E-state index contributed by atoms with van der Waals surface area (Å²) in [6, 6.07) is 11.1. The highest BCUT2D eigenvalue weighted by Crippen LogP contribution is 2.29. The summed E-state index contributed by atoms with van der Waals surface area (Å²) in [6.45, 7) is 5.76. The molecule has 0 radical (unpaired) electrons. The van der Waals surface area contributed by atoms with E-state index in [1.807, 2.05) is 0 Å². The third-order valence-corrected chi connectivity index (χ3v) is 9.15. The third-order valence-electron chi connectivity index (χ3n) is 7.54. The van der Waals surface area contributed by atoms with E-state index in [1.165, 1.54) is 23.3 Å². The number of furan rings is 1. The molecule has 0 saturated heterocycles. The summed E-state index contributed by atoms with van der Waals surface area (Å²) >= 11 is 12.1. The first-order valence-electron chi connectivity index (χ1n) is 16.8. The smallest absolute Gasteiger partial charge is 0.413 e. The Kier molecular flexibility index (Phi) is 16.9. The fraction of sp³-hybridized carbons (Fsp3) is 0.417. The molecule has 0 aliphatic carbocycles. The molecule has 0 saturated carbocycles. The van der Waals surface area contributed by atoms with Crippen molar-refractivity contribution in [3.63, 3.8) is 0 Å².